The van der Waals surface area contributed by atoms with Gasteiger partial charge in [0.25, 0.3) is 0 Å². The molecule has 4 nitrogen and oxygen atoms in total. The van der Waals surface area contributed by atoms with Crippen LogP contribution in [0.3, 0.4) is 0 Å². The fourth-order valence-electron chi connectivity index (χ4n) is 2.57. The number of carbonyl (C=O) groups excluding carboxylic acids is 1. The number of allylic oxidation sites excluding steroid dienone is 1. The van der Waals surface area contributed by atoms with Crippen LogP contribution in [0.4, 0.5) is 13.2 Å². The second-order valence-corrected chi connectivity index (χ2v) is 5.85. The van der Waals surface area contributed by atoms with Gasteiger partial charge >= 0.3 is 6.18 Å². The van der Waals surface area contributed by atoms with Crippen molar-refractivity contribution in [1.29, 1.82) is 0 Å². The molecule has 0 unspecified atom stereocenters. The van der Waals surface area contributed by atoms with Crippen molar-refractivity contribution in [1.82, 2.24) is 14.5 Å². The van der Waals surface area contributed by atoms with E-state index in [-0.39, 0.29) is 11.4 Å². The van der Waals surface area contributed by atoms with Gasteiger partial charge in [0, 0.05) is 30.1 Å². The zero-order valence-electron chi connectivity index (χ0n) is 14.3. The smallest absolute Gasteiger partial charge is 0.327 e. The first-order chi connectivity index (χ1) is 12.9. The van der Waals surface area contributed by atoms with Gasteiger partial charge in [-0.2, -0.15) is 13.2 Å². The van der Waals surface area contributed by atoms with Crippen LogP contribution in [0.15, 0.2) is 67.5 Å². The molecule has 3 aromatic rings. The largest absolute Gasteiger partial charge is 0.433 e. The van der Waals surface area contributed by atoms with Crippen LogP contribution in [-0.2, 0) is 12.7 Å². The summed E-state index contributed by atoms with van der Waals surface area (Å²) in [6, 6.07) is 11.2. The number of benzene rings is 1. The van der Waals surface area contributed by atoms with Gasteiger partial charge in [-0.15, -0.1) is 6.58 Å². The van der Waals surface area contributed by atoms with E-state index in [1.165, 1.54) is 0 Å². The van der Waals surface area contributed by atoms with E-state index < -0.39 is 17.7 Å². The van der Waals surface area contributed by atoms with E-state index in [4.69, 9.17) is 0 Å². The van der Waals surface area contributed by atoms with E-state index in [0.29, 0.717) is 18.7 Å². The molecule has 2 aromatic heterocycles. The highest BCUT2D eigenvalue weighted by molar-refractivity contribution is 6.06. The van der Waals surface area contributed by atoms with Gasteiger partial charge < -0.3 is 4.57 Å². The molecule has 0 aliphatic carbocycles. The number of pyridine rings is 1. The summed E-state index contributed by atoms with van der Waals surface area (Å²) in [7, 11) is 0. The molecule has 0 saturated carbocycles. The Morgan fingerprint density at radius 3 is 2.48 bits per heavy atom. The Labute approximate surface area is 154 Å². The topological polar surface area (TPSA) is 47.8 Å². The van der Waals surface area contributed by atoms with Gasteiger partial charge in [-0.3, -0.25) is 9.78 Å². The summed E-state index contributed by atoms with van der Waals surface area (Å²) in [6.07, 6.45) is 0.472. The molecule has 0 aliphatic rings. The van der Waals surface area contributed by atoms with Crippen LogP contribution in [-0.4, -0.2) is 20.3 Å². The van der Waals surface area contributed by atoms with E-state index in [9.17, 15) is 18.0 Å². The number of alkyl halides is 3. The maximum atomic E-state index is 12.8. The lowest BCUT2D eigenvalue weighted by atomic mass is 10.1. The molecule has 0 fully saturated rings. The lowest BCUT2D eigenvalue weighted by Gasteiger charge is -2.07. The second kappa shape index (κ2) is 7.57. The minimum atomic E-state index is -4.55. The Hall–Kier alpha value is -3.22. The number of rotatable bonds is 6. The molecule has 0 spiro atoms. The number of carbonyl (C=O) groups is 1. The van der Waals surface area contributed by atoms with Crippen LogP contribution in [0.25, 0.3) is 11.3 Å². The molecular weight excluding hydrogens is 355 g/mol. The first-order valence-electron chi connectivity index (χ1n) is 8.21. The van der Waals surface area contributed by atoms with Crippen molar-refractivity contribution in [2.45, 2.75) is 19.1 Å². The van der Waals surface area contributed by atoms with Gasteiger partial charge in [0.1, 0.15) is 5.69 Å². The van der Waals surface area contributed by atoms with Gasteiger partial charge in [0.05, 0.1) is 5.69 Å². The Kier molecular flexibility index (Phi) is 5.21. The molecule has 0 radical (unpaired) electrons. The first kappa shape index (κ1) is 18.6. The number of aromatic nitrogens is 3. The van der Waals surface area contributed by atoms with Crippen LogP contribution in [0.1, 0.15) is 28.3 Å². The van der Waals surface area contributed by atoms with E-state index in [1.54, 1.807) is 16.8 Å². The number of hydrogen-bond acceptors (Lipinski definition) is 3. The molecule has 0 N–H and O–H groups in total. The van der Waals surface area contributed by atoms with Crippen LogP contribution in [0, 0.1) is 0 Å². The third-order valence-electron chi connectivity index (χ3n) is 3.94. The highest BCUT2D eigenvalue weighted by Gasteiger charge is 2.32. The van der Waals surface area contributed by atoms with E-state index in [1.807, 2.05) is 30.3 Å². The molecular formula is C20H16F3N3O. The maximum Gasteiger partial charge on any atom is 0.433 e. The van der Waals surface area contributed by atoms with Crippen molar-refractivity contribution in [3.63, 3.8) is 0 Å². The Morgan fingerprint density at radius 2 is 1.89 bits per heavy atom. The Bertz CT molecular complexity index is 945. The minimum absolute atomic E-state index is 0.0491. The number of aryl methyl sites for hydroxylation is 1. The molecule has 7 heteroatoms. The molecule has 3 rings (SSSR count). The third kappa shape index (κ3) is 4.13. The van der Waals surface area contributed by atoms with Gasteiger partial charge in [0.2, 0.25) is 5.78 Å². The summed E-state index contributed by atoms with van der Waals surface area (Å²) in [6.45, 7) is 4.16. The Balaban J connectivity index is 1.97. The summed E-state index contributed by atoms with van der Waals surface area (Å²) in [5.41, 5.74) is 0.462. The highest BCUT2D eigenvalue weighted by atomic mass is 19.4. The summed E-state index contributed by atoms with van der Waals surface area (Å²) in [5.74, 6) is -0.334. The number of hydrogen-bond donors (Lipinski definition) is 0. The van der Waals surface area contributed by atoms with Crippen LogP contribution >= 0.6 is 0 Å². The molecule has 2 heterocycles. The lowest BCUT2D eigenvalue weighted by Crippen LogP contribution is -2.13. The summed E-state index contributed by atoms with van der Waals surface area (Å²) >= 11 is 0. The number of ketones is 1. The average molecular weight is 371 g/mol. The predicted molar refractivity (Wildman–Crippen MR) is 95.1 cm³/mol. The van der Waals surface area contributed by atoms with Gasteiger partial charge in [-0.1, -0.05) is 36.4 Å². The van der Waals surface area contributed by atoms with Crippen molar-refractivity contribution in [2.24, 2.45) is 0 Å². The zero-order chi connectivity index (χ0) is 19.4. The van der Waals surface area contributed by atoms with Gasteiger partial charge in [-0.25, -0.2) is 4.98 Å². The average Bonchev–Trinajstić information content (AvgIpc) is 3.10. The molecule has 0 saturated heterocycles. The zero-order valence-corrected chi connectivity index (χ0v) is 14.3. The van der Waals surface area contributed by atoms with Crippen molar-refractivity contribution < 1.29 is 18.0 Å². The van der Waals surface area contributed by atoms with Crippen molar-refractivity contribution in [3.8, 4) is 11.3 Å². The number of halogens is 3. The molecule has 138 valence electrons. The first-order valence-corrected chi connectivity index (χ1v) is 8.21. The minimum Gasteiger partial charge on any atom is -0.327 e. The fourth-order valence-corrected chi connectivity index (χ4v) is 2.57. The second-order valence-electron chi connectivity index (χ2n) is 5.85. The van der Waals surface area contributed by atoms with Crippen LogP contribution < -0.4 is 0 Å². The normalized spacial score (nSPS) is 11.4. The summed E-state index contributed by atoms with van der Waals surface area (Å²) < 4.78 is 39.7. The van der Waals surface area contributed by atoms with Crippen LogP contribution in [0.2, 0.25) is 0 Å². The van der Waals surface area contributed by atoms with E-state index in [0.717, 1.165) is 23.9 Å². The quantitative estimate of drug-likeness (QED) is 0.463. The van der Waals surface area contributed by atoms with Crippen molar-refractivity contribution >= 4 is 5.78 Å². The number of nitrogens with zero attached hydrogens (tertiary/aromatic N) is 3. The Morgan fingerprint density at radius 1 is 1.15 bits per heavy atom. The van der Waals surface area contributed by atoms with Gasteiger partial charge in [0.15, 0.2) is 5.82 Å². The van der Waals surface area contributed by atoms with Crippen LogP contribution in [0.5, 0.6) is 0 Å². The predicted octanol–water partition coefficient (Wildman–Crippen LogP) is 4.77. The molecule has 0 amide bonds. The molecule has 0 atom stereocenters. The lowest BCUT2D eigenvalue weighted by molar-refractivity contribution is -0.141. The molecule has 0 bridgehead atoms. The van der Waals surface area contributed by atoms with E-state index in [2.05, 4.69) is 16.5 Å². The highest BCUT2D eigenvalue weighted by Crippen LogP contribution is 2.27. The SMILES string of the molecule is C=CCCn1cc(-c2ccccc2)nc1C(=O)c1ccc(C(F)(F)F)nc1. The summed E-state index contributed by atoms with van der Waals surface area (Å²) in [4.78, 5) is 20.6. The molecule has 1 aromatic carbocycles. The monoisotopic (exact) mass is 371 g/mol. The number of imidazole rings is 1. The molecule has 27 heavy (non-hydrogen) atoms. The van der Waals surface area contributed by atoms with E-state index >= 15 is 0 Å². The molecule has 0 aliphatic heterocycles. The maximum absolute atomic E-state index is 12.8. The standard InChI is InChI=1S/C20H16F3N3O/c1-2-3-11-26-13-16(14-7-5-4-6-8-14)25-19(26)18(27)15-9-10-17(24-12-15)20(21,22)23/h2,4-10,12-13H,1,3,11H2. The van der Waals surface area contributed by atoms with Gasteiger partial charge in [-0.05, 0) is 18.6 Å². The van der Waals surface area contributed by atoms with Crippen molar-refractivity contribution in [3.05, 3.63) is 84.6 Å². The third-order valence-corrected chi connectivity index (χ3v) is 3.94. The fraction of sp³-hybridized carbons (Fsp3) is 0.150. The summed E-state index contributed by atoms with van der Waals surface area (Å²) in [5, 5.41) is 0. The van der Waals surface area contributed by atoms with Crippen molar-refractivity contribution in [2.75, 3.05) is 0 Å².